The summed E-state index contributed by atoms with van der Waals surface area (Å²) in [7, 11) is 0. The molecule has 7 nitrogen and oxygen atoms in total. The van der Waals surface area contributed by atoms with Crippen molar-refractivity contribution in [2.75, 3.05) is 18.0 Å². The standard InChI is InChI=1S/C17H15F3N4O3S/c18-17(19,20)27-12-5-1-3-10(7-12)13-8-21-15-24(13)22-16(28-15)23-6-2-4-11(9-23)14(25)26/h1,3,5,7-8,11H,2,4,6,9H2,(H,25,26). The van der Waals surface area contributed by atoms with Crippen molar-refractivity contribution >= 4 is 27.4 Å². The predicted molar refractivity (Wildman–Crippen MR) is 95.6 cm³/mol. The maximum atomic E-state index is 12.5. The Morgan fingerprint density at radius 1 is 1.36 bits per heavy atom. The van der Waals surface area contributed by atoms with Crippen LogP contribution in [0.4, 0.5) is 18.3 Å². The summed E-state index contributed by atoms with van der Waals surface area (Å²) in [6.45, 7) is 1.07. The van der Waals surface area contributed by atoms with Crippen LogP contribution in [0.25, 0.3) is 16.2 Å². The van der Waals surface area contributed by atoms with Gasteiger partial charge in [0.2, 0.25) is 10.1 Å². The Bertz CT molecular complexity index is 1020. The molecular formula is C17H15F3N4O3S. The summed E-state index contributed by atoms with van der Waals surface area (Å²) in [5.74, 6) is -1.59. The molecule has 0 saturated carbocycles. The van der Waals surface area contributed by atoms with Crippen LogP contribution >= 0.6 is 11.3 Å². The van der Waals surface area contributed by atoms with Crippen LogP contribution in [0.15, 0.2) is 30.5 Å². The minimum atomic E-state index is -4.77. The highest BCUT2D eigenvalue weighted by atomic mass is 32.1. The molecule has 1 atom stereocenters. The number of halogens is 3. The molecule has 4 rings (SSSR count). The number of aliphatic carboxylic acids is 1. The van der Waals surface area contributed by atoms with Gasteiger partial charge in [0, 0.05) is 18.7 Å². The predicted octanol–water partition coefficient (Wildman–Crippen LogP) is 3.66. The quantitative estimate of drug-likeness (QED) is 0.705. The highest BCUT2D eigenvalue weighted by molar-refractivity contribution is 7.20. The topological polar surface area (TPSA) is 80.0 Å². The molecule has 1 N–H and O–H groups in total. The van der Waals surface area contributed by atoms with Crippen molar-refractivity contribution in [1.29, 1.82) is 0 Å². The Balaban J connectivity index is 1.64. The fraction of sp³-hybridized carbons (Fsp3) is 0.353. The molecule has 11 heteroatoms. The molecule has 1 fully saturated rings. The van der Waals surface area contributed by atoms with Gasteiger partial charge < -0.3 is 14.7 Å². The van der Waals surface area contributed by atoms with E-state index in [0.29, 0.717) is 40.9 Å². The summed E-state index contributed by atoms with van der Waals surface area (Å²) in [5.41, 5.74) is 1.00. The van der Waals surface area contributed by atoms with Crippen LogP contribution in [0.3, 0.4) is 0 Å². The van der Waals surface area contributed by atoms with E-state index in [2.05, 4.69) is 14.8 Å². The zero-order valence-corrected chi connectivity index (χ0v) is 15.2. The number of aromatic nitrogens is 3. The minimum absolute atomic E-state index is 0.323. The number of nitrogens with zero attached hydrogens (tertiary/aromatic N) is 4. The largest absolute Gasteiger partial charge is 0.573 e. The molecule has 1 aromatic carbocycles. The van der Waals surface area contributed by atoms with E-state index < -0.39 is 18.2 Å². The number of carbonyl (C=O) groups is 1. The average Bonchev–Trinajstić information content (AvgIpc) is 3.21. The maximum Gasteiger partial charge on any atom is 0.573 e. The Labute approximate surface area is 161 Å². The van der Waals surface area contributed by atoms with E-state index in [9.17, 15) is 23.1 Å². The lowest BCUT2D eigenvalue weighted by molar-refractivity contribution is -0.274. The molecule has 1 saturated heterocycles. The number of benzene rings is 1. The molecule has 1 unspecified atom stereocenters. The minimum Gasteiger partial charge on any atom is -0.481 e. The molecule has 0 spiro atoms. The first-order chi connectivity index (χ1) is 13.3. The van der Waals surface area contributed by atoms with E-state index in [4.69, 9.17) is 0 Å². The lowest BCUT2D eigenvalue weighted by Crippen LogP contribution is -2.38. The van der Waals surface area contributed by atoms with Gasteiger partial charge in [-0.25, -0.2) is 9.50 Å². The third kappa shape index (κ3) is 3.75. The molecule has 3 heterocycles. The number of ether oxygens (including phenoxy) is 1. The van der Waals surface area contributed by atoms with E-state index >= 15 is 0 Å². The number of alkyl halides is 3. The van der Waals surface area contributed by atoms with Crippen molar-refractivity contribution in [3.05, 3.63) is 30.5 Å². The van der Waals surface area contributed by atoms with Gasteiger partial charge in [0.1, 0.15) is 5.75 Å². The summed E-state index contributed by atoms with van der Waals surface area (Å²) >= 11 is 1.31. The first kappa shape index (κ1) is 18.5. The molecule has 28 heavy (non-hydrogen) atoms. The molecule has 1 aliphatic heterocycles. The van der Waals surface area contributed by atoms with Gasteiger partial charge in [0.25, 0.3) is 0 Å². The van der Waals surface area contributed by atoms with Crippen LogP contribution in [0.1, 0.15) is 12.8 Å². The number of imidazole rings is 1. The summed E-state index contributed by atoms with van der Waals surface area (Å²) in [6.07, 6.45) is -1.85. The van der Waals surface area contributed by atoms with Gasteiger partial charge in [0.05, 0.1) is 17.8 Å². The van der Waals surface area contributed by atoms with E-state index in [0.717, 1.165) is 6.42 Å². The number of hydrogen-bond donors (Lipinski definition) is 1. The van der Waals surface area contributed by atoms with Crippen LogP contribution in [0.2, 0.25) is 0 Å². The van der Waals surface area contributed by atoms with Gasteiger partial charge >= 0.3 is 12.3 Å². The second-order valence-corrected chi connectivity index (χ2v) is 7.36. The average molecular weight is 412 g/mol. The zero-order chi connectivity index (χ0) is 19.9. The van der Waals surface area contributed by atoms with Gasteiger partial charge in [0.15, 0.2) is 0 Å². The lowest BCUT2D eigenvalue weighted by Gasteiger charge is -2.29. The normalized spacial score (nSPS) is 17.8. The smallest absolute Gasteiger partial charge is 0.481 e. The Morgan fingerprint density at radius 2 is 2.18 bits per heavy atom. The maximum absolute atomic E-state index is 12.5. The van der Waals surface area contributed by atoms with Gasteiger partial charge in [-0.15, -0.1) is 18.3 Å². The number of carboxylic acids is 1. The van der Waals surface area contributed by atoms with E-state index in [1.54, 1.807) is 10.6 Å². The van der Waals surface area contributed by atoms with Gasteiger partial charge in [-0.05, 0) is 25.0 Å². The van der Waals surface area contributed by atoms with Crippen LogP contribution in [0.5, 0.6) is 5.75 Å². The van der Waals surface area contributed by atoms with E-state index in [1.165, 1.54) is 35.7 Å². The van der Waals surface area contributed by atoms with Crippen molar-refractivity contribution < 1.29 is 27.8 Å². The van der Waals surface area contributed by atoms with Crippen LogP contribution in [0, 0.1) is 5.92 Å². The first-order valence-corrected chi connectivity index (χ1v) is 9.30. The summed E-state index contributed by atoms with van der Waals surface area (Å²) in [4.78, 5) is 18.0. The van der Waals surface area contributed by atoms with Crippen LogP contribution in [-0.4, -0.2) is 45.1 Å². The number of anilines is 1. The Morgan fingerprint density at radius 3 is 2.93 bits per heavy atom. The molecular weight excluding hydrogens is 397 g/mol. The molecule has 1 aliphatic rings. The van der Waals surface area contributed by atoms with Crippen molar-refractivity contribution in [3.63, 3.8) is 0 Å². The van der Waals surface area contributed by atoms with Crippen LogP contribution < -0.4 is 9.64 Å². The highest BCUT2D eigenvalue weighted by Crippen LogP contribution is 2.32. The van der Waals surface area contributed by atoms with Crippen molar-refractivity contribution in [3.8, 4) is 17.0 Å². The number of hydrogen-bond acceptors (Lipinski definition) is 6. The van der Waals surface area contributed by atoms with Gasteiger partial charge in [-0.3, -0.25) is 4.79 Å². The van der Waals surface area contributed by atoms with E-state index in [-0.39, 0.29) is 5.75 Å². The SMILES string of the molecule is O=C(O)C1CCCN(c2nn3c(-c4cccc(OC(F)(F)F)c4)cnc3s2)C1. The number of rotatable bonds is 4. The third-order valence-electron chi connectivity index (χ3n) is 4.48. The highest BCUT2D eigenvalue weighted by Gasteiger charge is 2.31. The molecule has 0 bridgehead atoms. The zero-order valence-electron chi connectivity index (χ0n) is 14.4. The van der Waals surface area contributed by atoms with Gasteiger partial charge in [-0.1, -0.05) is 23.5 Å². The van der Waals surface area contributed by atoms with Gasteiger partial charge in [-0.2, -0.15) is 0 Å². The second kappa shape index (κ2) is 6.97. The van der Waals surface area contributed by atoms with Crippen molar-refractivity contribution in [1.82, 2.24) is 14.6 Å². The molecule has 0 aliphatic carbocycles. The van der Waals surface area contributed by atoms with E-state index in [1.807, 2.05) is 4.90 Å². The Hall–Kier alpha value is -2.82. The summed E-state index contributed by atoms with van der Waals surface area (Å²) in [6, 6.07) is 5.61. The van der Waals surface area contributed by atoms with Crippen molar-refractivity contribution in [2.45, 2.75) is 19.2 Å². The summed E-state index contributed by atoms with van der Waals surface area (Å²) < 4.78 is 42.9. The second-order valence-electron chi connectivity index (χ2n) is 6.42. The molecule has 3 aromatic rings. The number of piperidine rings is 1. The molecule has 148 valence electrons. The first-order valence-electron chi connectivity index (χ1n) is 8.49. The summed E-state index contributed by atoms with van der Waals surface area (Å²) in [5, 5.41) is 14.4. The lowest BCUT2D eigenvalue weighted by atomic mass is 9.99. The molecule has 0 radical (unpaired) electrons. The molecule has 0 amide bonds. The monoisotopic (exact) mass is 412 g/mol. The third-order valence-corrected chi connectivity index (χ3v) is 5.46. The fourth-order valence-electron chi connectivity index (χ4n) is 3.21. The van der Waals surface area contributed by atoms with Crippen molar-refractivity contribution in [2.24, 2.45) is 5.92 Å². The fourth-order valence-corrected chi connectivity index (χ4v) is 4.12. The number of carboxylic acid groups (broad SMARTS) is 1. The Kier molecular flexibility index (Phi) is 4.61. The molecule has 2 aromatic heterocycles. The van der Waals surface area contributed by atoms with Crippen LogP contribution in [-0.2, 0) is 4.79 Å². The number of fused-ring (bicyclic) bond motifs is 1.